The van der Waals surface area contributed by atoms with Crippen LogP contribution in [0.5, 0.6) is 0 Å². The summed E-state index contributed by atoms with van der Waals surface area (Å²) in [7, 11) is 0. The Balaban J connectivity index is 3.20. The van der Waals surface area contributed by atoms with Crippen molar-refractivity contribution in [1.82, 2.24) is 0 Å². The molecule has 0 heterocycles. The van der Waals surface area contributed by atoms with Crippen LogP contribution in [0.4, 0.5) is 0 Å². The van der Waals surface area contributed by atoms with Crippen LogP contribution in [0.1, 0.15) is 0 Å². The van der Waals surface area contributed by atoms with E-state index in [0.29, 0.717) is 41.7 Å². The Morgan fingerprint density at radius 3 is 1.41 bits per heavy atom. The van der Waals surface area contributed by atoms with Crippen LogP contribution in [0, 0.1) is 0 Å². The molecule has 0 aromatic heterocycles. The van der Waals surface area contributed by atoms with Gasteiger partial charge in [-0.1, -0.05) is 11.8 Å². The van der Waals surface area contributed by atoms with Gasteiger partial charge in [0.05, 0.1) is 36.6 Å². The highest BCUT2D eigenvalue weighted by Crippen LogP contribution is 2.13. The van der Waals surface area contributed by atoms with Crippen LogP contribution < -0.4 is 0 Å². The average Bonchev–Trinajstić information content (AvgIpc) is 2.93. The van der Waals surface area contributed by atoms with E-state index in [0.717, 1.165) is 39.6 Å². The number of ether oxygens (including phenoxy) is 2. The second-order valence-corrected chi connectivity index (χ2v) is 16.3. The highest BCUT2D eigenvalue weighted by molar-refractivity contribution is 8.16. The normalized spacial score (nSPS) is 11.1. The summed E-state index contributed by atoms with van der Waals surface area (Å²) in [6.45, 7) is 0.970. The van der Waals surface area contributed by atoms with E-state index in [9.17, 15) is 9.59 Å². The molecule has 0 atom stereocenters. The van der Waals surface area contributed by atoms with E-state index >= 15 is 0 Å². The first-order chi connectivity index (χ1) is 19.2. The van der Waals surface area contributed by atoms with Crippen molar-refractivity contribution in [2.24, 2.45) is 0 Å². The quantitative estimate of drug-likeness (QED) is 0.0337. The maximum Gasteiger partial charge on any atom is 0.316 e. The molecular formula is C20H38O10S9. The minimum Gasteiger partial charge on any atom is -0.454 e. The first-order valence-corrected chi connectivity index (χ1v) is 21.8. The van der Waals surface area contributed by atoms with Crippen LogP contribution >= 0.6 is 106 Å². The van der Waals surface area contributed by atoms with E-state index in [1.807, 2.05) is 0 Å². The zero-order valence-corrected chi connectivity index (χ0v) is 28.9. The monoisotopic (exact) mass is 726 g/mol. The fourth-order valence-electron chi connectivity index (χ4n) is 1.78. The van der Waals surface area contributed by atoms with E-state index in [1.165, 1.54) is 70.6 Å². The van der Waals surface area contributed by atoms with E-state index < -0.39 is 0 Å². The fraction of sp³-hybridized carbons (Fsp3) is 0.900. The van der Waals surface area contributed by atoms with Gasteiger partial charge < -0.3 is 19.7 Å². The Hall–Kier alpha value is 1.85. The van der Waals surface area contributed by atoms with Crippen LogP contribution in [0.3, 0.4) is 0 Å². The second-order valence-electron chi connectivity index (χ2n) is 6.23. The topological polar surface area (TPSA) is 130 Å². The van der Waals surface area contributed by atoms with E-state index in [2.05, 4.69) is 0 Å². The van der Waals surface area contributed by atoms with Crippen LogP contribution in [-0.2, 0) is 38.6 Å². The number of hydrogen-bond acceptors (Lipinski definition) is 19. The summed E-state index contributed by atoms with van der Waals surface area (Å²) >= 11 is 13.7. The summed E-state index contributed by atoms with van der Waals surface area (Å²) in [5.41, 5.74) is 0. The highest BCUT2D eigenvalue weighted by atomic mass is 32.2. The Morgan fingerprint density at radius 2 is 0.897 bits per heavy atom. The lowest BCUT2D eigenvalue weighted by molar-refractivity contribution is -0.274. The number of rotatable bonds is 32. The molecule has 0 fully saturated rings. The number of aliphatic hydroxyl groups excluding tert-OH is 2. The number of esters is 2. The molecule has 2 N–H and O–H groups in total. The summed E-state index contributed by atoms with van der Waals surface area (Å²) < 4.78 is 10.2. The second kappa shape index (κ2) is 36.0. The van der Waals surface area contributed by atoms with Crippen LogP contribution in [-0.4, -0.2) is 127 Å². The van der Waals surface area contributed by atoms with E-state index in [4.69, 9.17) is 39.2 Å². The minimum atomic E-state index is -0.245. The predicted molar refractivity (Wildman–Crippen MR) is 177 cm³/mol. The molecule has 0 aromatic carbocycles. The van der Waals surface area contributed by atoms with Crippen LogP contribution in [0.25, 0.3) is 0 Å². The van der Waals surface area contributed by atoms with Gasteiger partial charge in [0.2, 0.25) is 0 Å². The molecule has 0 aromatic rings. The predicted octanol–water partition coefficient (Wildman–Crippen LogP) is 4.21. The van der Waals surface area contributed by atoms with E-state index in [-0.39, 0.29) is 35.7 Å². The standard InChI is InChI=1S/C20H38O10S9/c21-11-35-17-38-14-26-20(24)10-34-8-6-31-3-1-27-29-15-37-13-25-19(23)9-33-7-5-32-4-2-28-30-16-39-18-36-12-22/h21-22H,1-18H2. The number of aliphatic hydroxyl groups is 2. The van der Waals surface area contributed by atoms with Crippen LogP contribution in [0.2, 0.25) is 0 Å². The molecule has 0 aliphatic carbocycles. The zero-order chi connectivity index (χ0) is 28.5. The molecule has 0 saturated heterocycles. The van der Waals surface area contributed by atoms with Gasteiger partial charge in [0, 0.05) is 44.7 Å². The number of carbonyl (C=O) groups excluding carboxylic acids is 2. The van der Waals surface area contributed by atoms with Gasteiger partial charge >= 0.3 is 11.9 Å². The van der Waals surface area contributed by atoms with Crippen molar-refractivity contribution in [3.05, 3.63) is 0 Å². The van der Waals surface area contributed by atoms with Gasteiger partial charge in [-0.3, -0.25) is 9.59 Å². The summed E-state index contributed by atoms with van der Waals surface area (Å²) in [6, 6.07) is 0. The molecule has 232 valence electrons. The average molecular weight is 727 g/mol. The molecule has 19 heteroatoms. The third kappa shape index (κ3) is 36.0. The summed E-state index contributed by atoms with van der Waals surface area (Å²) in [6.07, 6.45) is 0. The maximum atomic E-state index is 11.7. The third-order valence-electron chi connectivity index (χ3n) is 3.36. The van der Waals surface area contributed by atoms with Crippen molar-refractivity contribution in [3.8, 4) is 0 Å². The summed E-state index contributed by atoms with van der Waals surface area (Å²) in [5.74, 6) is 6.79. The minimum absolute atomic E-state index is 0.0752. The first kappa shape index (κ1) is 40.9. The molecule has 39 heavy (non-hydrogen) atoms. The summed E-state index contributed by atoms with van der Waals surface area (Å²) in [5, 5.41) is 18.7. The van der Waals surface area contributed by atoms with Gasteiger partial charge in [-0.2, -0.15) is 23.5 Å². The van der Waals surface area contributed by atoms with Crippen molar-refractivity contribution in [1.29, 1.82) is 0 Å². The Morgan fingerprint density at radius 1 is 0.462 bits per heavy atom. The van der Waals surface area contributed by atoms with Gasteiger partial charge in [-0.15, -0.1) is 70.6 Å². The Bertz CT molecular complexity index is 544. The molecule has 0 rings (SSSR count). The molecule has 0 aliphatic rings. The van der Waals surface area contributed by atoms with Crippen LogP contribution in [0.15, 0.2) is 0 Å². The largest absolute Gasteiger partial charge is 0.454 e. The number of carbonyl (C=O) groups is 2. The molecule has 0 aliphatic heterocycles. The number of thioether (sulfide) groups is 9. The zero-order valence-electron chi connectivity index (χ0n) is 21.6. The van der Waals surface area contributed by atoms with Crippen molar-refractivity contribution in [2.75, 3.05) is 105 Å². The van der Waals surface area contributed by atoms with Crippen molar-refractivity contribution in [3.63, 3.8) is 0 Å². The Kier molecular flexibility index (Phi) is 37.8. The molecule has 10 nitrogen and oxygen atoms in total. The van der Waals surface area contributed by atoms with Crippen molar-refractivity contribution in [2.45, 2.75) is 0 Å². The SMILES string of the molecule is O=C(CSCCSCCOOCSCSCO)OCSCOOCCSCCSCC(=O)OCSCSCO. The molecule has 0 spiro atoms. The van der Waals surface area contributed by atoms with Gasteiger partial charge in [0.15, 0.2) is 0 Å². The highest BCUT2D eigenvalue weighted by Gasteiger charge is 2.04. The smallest absolute Gasteiger partial charge is 0.316 e. The van der Waals surface area contributed by atoms with Gasteiger partial charge in [-0.05, 0) is 0 Å². The molecule has 0 saturated carbocycles. The third-order valence-corrected chi connectivity index (χ3v) is 11.8. The molecule has 0 amide bonds. The van der Waals surface area contributed by atoms with Crippen molar-refractivity contribution < 1.29 is 48.8 Å². The summed E-state index contributed by atoms with van der Waals surface area (Å²) in [4.78, 5) is 43.5. The molecule has 0 bridgehead atoms. The molecular weight excluding hydrogens is 689 g/mol. The van der Waals surface area contributed by atoms with Gasteiger partial charge in [-0.25, -0.2) is 19.6 Å². The van der Waals surface area contributed by atoms with Gasteiger partial charge in [0.1, 0.15) is 23.8 Å². The molecule has 0 radical (unpaired) electrons. The maximum absolute atomic E-state index is 11.7. The lowest BCUT2D eigenvalue weighted by atomic mass is 10.8. The molecule has 0 unspecified atom stereocenters. The van der Waals surface area contributed by atoms with Gasteiger partial charge in [0.25, 0.3) is 0 Å². The first-order valence-electron chi connectivity index (χ1n) is 11.4. The lowest BCUT2D eigenvalue weighted by Gasteiger charge is -2.06. The lowest BCUT2D eigenvalue weighted by Crippen LogP contribution is -2.09. The number of hydrogen-bond donors (Lipinski definition) is 2. The Labute approximate surface area is 269 Å². The fourth-order valence-corrected chi connectivity index (χ4v) is 8.09. The van der Waals surface area contributed by atoms with E-state index in [1.54, 1.807) is 35.3 Å². The van der Waals surface area contributed by atoms with Crippen molar-refractivity contribution >= 4 is 118 Å².